The van der Waals surface area contributed by atoms with E-state index in [4.69, 9.17) is 9.47 Å². The van der Waals surface area contributed by atoms with Gasteiger partial charge in [0.25, 0.3) is 5.91 Å². The molecular formula is C18H25N3O3S. The normalized spacial score (nSPS) is 11.0. The van der Waals surface area contributed by atoms with Crippen molar-refractivity contribution in [1.29, 1.82) is 0 Å². The van der Waals surface area contributed by atoms with Crippen LogP contribution in [0.3, 0.4) is 0 Å². The Bertz CT molecular complexity index is 711. The predicted molar refractivity (Wildman–Crippen MR) is 99.8 cm³/mol. The van der Waals surface area contributed by atoms with Crippen LogP contribution in [0.5, 0.6) is 11.8 Å². The Labute approximate surface area is 152 Å². The van der Waals surface area contributed by atoms with Crippen LogP contribution in [0, 0.1) is 6.92 Å². The molecule has 0 aliphatic rings. The first kappa shape index (κ1) is 19.2. The van der Waals surface area contributed by atoms with Gasteiger partial charge in [0.1, 0.15) is 0 Å². The summed E-state index contributed by atoms with van der Waals surface area (Å²) in [5, 5.41) is 5.25. The molecule has 7 heteroatoms. The third kappa shape index (κ3) is 5.70. The van der Waals surface area contributed by atoms with E-state index in [0.717, 1.165) is 18.5 Å². The lowest BCUT2D eigenvalue weighted by molar-refractivity contribution is 0.102. The lowest BCUT2D eigenvalue weighted by Gasteiger charge is -2.17. The summed E-state index contributed by atoms with van der Waals surface area (Å²) in [4.78, 5) is 21.2. The van der Waals surface area contributed by atoms with Gasteiger partial charge >= 0.3 is 0 Å². The summed E-state index contributed by atoms with van der Waals surface area (Å²) in [6, 6.07) is 3.26. The van der Waals surface area contributed by atoms with Crippen LogP contribution in [0.15, 0.2) is 17.5 Å². The van der Waals surface area contributed by atoms with E-state index in [-0.39, 0.29) is 18.1 Å². The predicted octanol–water partition coefficient (Wildman–Crippen LogP) is 4.45. The van der Waals surface area contributed by atoms with Crippen molar-refractivity contribution in [3.05, 3.63) is 28.8 Å². The molecule has 1 N–H and O–H groups in total. The Balaban J connectivity index is 2.26. The molecule has 25 heavy (non-hydrogen) atoms. The molecule has 0 aromatic carbocycles. The molecule has 0 saturated heterocycles. The van der Waals surface area contributed by atoms with Gasteiger partial charge in [-0.05, 0) is 33.6 Å². The fraction of sp³-hybridized carbons (Fsp3) is 0.500. The van der Waals surface area contributed by atoms with Crippen LogP contribution in [0.4, 0.5) is 5.13 Å². The first-order valence-electron chi connectivity index (χ1n) is 8.50. The van der Waals surface area contributed by atoms with Crippen molar-refractivity contribution < 1.29 is 14.3 Å². The van der Waals surface area contributed by atoms with Gasteiger partial charge in [-0.25, -0.2) is 4.98 Å². The maximum absolute atomic E-state index is 12.6. The fourth-order valence-electron chi connectivity index (χ4n) is 2.18. The zero-order valence-electron chi connectivity index (χ0n) is 15.3. The highest BCUT2D eigenvalue weighted by Gasteiger charge is 2.16. The van der Waals surface area contributed by atoms with E-state index in [1.807, 2.05) is 26.2 Å². The zero-order chi connectivity index (χ0) is 18.4. The number of hydrogen-bond acceptors (Lipinski definition) is 6. The highest BCUT2D eigenvalue weighted by Crippen LogP contribution is 2.23. The van der Waals surface area contributed by atoms with Crippen molar-refractivity contribution >= 4 is 22.4 Å². The van der Waals surface area contributed by atoms with Gasteiger partial charge < -0.3 is 9.47 Å². The molecule has 6 nitrogen and oxygen atoms in total. The van der Waals surface area contributed by atoms with Crippen molar-refractivity contribution in [3.63, 3.8) is 0 Å². The molecule has 2 aromatic heterocycles. The number of ether oxygens (including phenoxy) is 2. The zero-order valence-corrected chi connectivity index (χ0v) is 16.1. The summed E-state index contributed by atoms with van der Waals surface area (Å²) in [5.41, 5.74) is 1.30. The molecule has 136 valence electrons. The van der Waals surface area contributed by atoms with Crippen molar-refractivity contribution in [2.24, 2.45) is 0 Å². The average molecular weight is 363 g/mol. The number of rotatable bonds is 8. The SMILES string of the molecule is CCC(CC)Oc1cc(C(=O)Nc2nc(C)cs2)cc(OC(C)C)n1. The molecule has 0 fully saturated rings. The number of anilines is 1. The Morgan fingerprint density at radius 3 is 2.32 bits per heavy atom. The van der Waals surface area contributed by atoms with Crippen LogP contribution < -0.4 is 14.8 Å². The van der Waals surface area contributed by atoms with Gasteiger partial charge in [-0.2, -0.15) is 4.98 Å². The van der Waals surface area contributed by atoms with Crippen LogP contribution in [-0.2, 0) is 0 Å². The molecule has 0 radical (unpaired) electrons. The average Bonchev–Trinajstić information content (AvgIpc) is 2.96. The summed E-state index contributed by atoms with van der Waals surface area (Å²) < 4.78 is 11.6. The van der Waals surface area contributed by atoms with Gasteiger partial charge in [-0.15, -0.1) is 11.3 Å². The number of nitrogens with zero attached hydrogens (tertiary/aromatic N) is 2. The molecule has 1 amide bonds. The van der Waals surface area contributed by atoms with E-state index in [9.17, 15) is 4.79 Å². The van der Waals surface area contributed by atoms with Crippen LogP contribution in [0.2, 0.25) is 0 Å². The largest absolute Gasteiger partial charge is 0.475 e. The molecule has 2 aromatic rings. The van der Waals surface area contributed by atoms with Gasteiger partial charge in [0.2, 0.25) is 11.8 Å². The number of aryl methyl sites for hydroxylation is 1. The molecule has 0 atom stereocenters. The Morgan fingerprint density at radius 2 is 1.80 bits per heavy atom. The number of hydrogen-bond donors (Lipinski definition) is 1. The van der Waals surface area contributed by atoms with Crippen molar-refractivity contribution in [2.75, 3.05) is 5.32 Å². The molecule has 0 aliphatic heterocycles. The molecule has 0 saturated carbocycles. The Morgan fingerprint density at radius 1 is 1.16 bits per heavy atom. The maximum atomic E-state index is 12.6. The van der Waals surface area contributed by atoms with E-state index in [0.29, 0.717) is 22.5 Å². The van der Waals surface area contributed by atoms with Crippen LogP contribution >= 0.6 is 11.3 Å². The second-order valence-corrected chi connectivity index (χ2v) is 6.86. The first-order chi connectivity index (χ1) is 11.9. The molecule has 2 heterocycles. The van der Waals surface area contributed by atoms with E-state index in [1.54, 1.807) is 12.1 Å². The van der Waals surface area contributed by atoms with Crippen molar-refractivity contribution in [3.8, 4) is 11.8 Å². The highest BCUT2D eigenvalue weighted by atomic mass is 32.1. The quantitative estimate of drug-likeness (QED) is 0.750. The standard InChI is InChI=1S/C18H25N3O3S/c1-6-14(7-2)24-16-9-13(8-15(20-16)23-11(3)4)17(22)21-18-19-12(5)10-25-18/h8-11,14H,6-7H2,1-5H3,(H,19,21,22). The molecule has 0 aliphatic carbocycles. The van der Waals surface area contributed by atoms with Crippen LogP contribution in [-0.4, -0.2) is 28.1 Å². The van der Waals surface area contributed by atoms with Crippen LogP contribution in [0.1, 0.15) is 56.6 Å². The molecule has 0 spiro atoms. The maximum Gasteiger partial charge on any atom is 0.257 e. The summed E-state index contributed by atoms with van der Waals surface area (Å²) in [6.45, 7) is 9.82. The Kier molecular flexibility index (Phi) is 6.75. The summed E-state index contributed by atoms with van der Waals surface area (Å²) in [5.74, 6) is 0.506. The third-order valence-electron chi connectivity index (χ3n) is 3.43. The summed E-state index contributed by atoms with van der Waals surface area (Å²) in [7, 11) is 0. The van der Waals surface area contributed by atoms with Crippen LogP contribution in [0.25, 0.3) is 0 Å². The number of thiazole rings is 1. The van der Waals surface area contributed by atoms with Gasteiger partial charge in [0.05, 0.1) is 23.5 Å². The lowest BCUT2D eigenvalue weighted by Crippen LogP contribution is -2.17. The first-order valence-corrected chi connectivity index (χ1v) is 9.38. The van der Waals surface area contributed by atoms with E-state index in [2.05, 4.69) is 29.1 Å². The number of nitrogens with one attached hydrogen (secondary N) is 1. The molecule has 0 bridgehead atoms. The topological polar surface area (TPSA) is 73.3 Å². The van der Waals surface area contributed by atoms with E-state index >= 15 is 0 Å². The minimum atomic E-state index is -0.264. The van der Waals surface area contributed by atoms with Gasteiger partial charge in [-0.3, -0.25) is 10.1 Å². The van der Waals surface area contributed by atoms with E-state index in [1.165, 1.54) is 11.3 Å². The number of carbonyl (C=O) groups excluding carboxylic acids is 1. The minimum absolute atomic E-state index is 0.0478. The fourth-order valence-corrected chi connectivity index (χ4v) is 2.86. The van der Waals surface area contributed by atoms with Crippen molar-refractivity contribution in [1.82, 2.24) is 9.97 Å². The second kappa shape index (κ2) is 8.80. The van der Waals surface area contributed by atoms with Gasteiger partial charge in [-0.1, -0.05) is 13.8 Å². The highest BCUT2D eigenvalue weighted by molar-refractivity contribution is 7.13. The van der Waals surface area contributed by atoms with E-state index < -0.39 is 0 Å². The summed E-state index contributed by atoms with van der Waals surface area (Å²) in [6.07, 6.45) is 1.74. The number of pyridine rings is 1. The number of amides is 1. The Hall–Kier alpha value is -2.15. The smallest absolute Gasteiger partial charge is 0.257 e. The second-order valence-electron chi connectivity index (χ2n) is 6.00. The molecular weight excluding hydrogens is 338 g/mol. The lowest BCUT2D eigenvalue weighted by atomic mass is 10.2. The number of aromatic nitrogens is 2. The minimum Gasteiger partial charge on any atom is -0.475 e. The molecule has 0 unspecified atom stereocenters. The molecule has 2 rings (SSSR count). The van der Waals surface area contributed by atoms with Crippen molar-refractivity contribution in [2.45, 2.75) is 59.7 Å². The van der Waals surface area contributed by atoms with Gasteiger partial charge in [0.15, 0.2) is 5.13 Å². The monoisotopic (exact) mass is 363 g/mol. The number of carbonyl (C=O) groups is 1. The van der Waals surface area contributed by atoms with Gasteiger partial charge in [0, 0.05) is 17.5 Å². The summed E-state index contributed by atoms with van der Waals surface area (Å²) >= 11 is 1.39. The third-order valence-corrected chi connectivity index (χ3v) is 4.31.